The Morgan fingerprint density at radius 2 is 1.88 bits per heavy atom. The van der Waals surface area contributed by atoms with E-state index in [9.17, 15) is 4.79 Å². The zero-order chi connectivity index (χ0) is 18.0. The largest absolute Gasteiger partial charge is 0.327 e. The fourth-order valence-corrected chi connectivity index (χ4v) is 2.78. The number of anilines is 4. The van der Waals surface area contributed by atoms with Crippen LogP contribution >= 0.6 is 0 Å². The number of rotatable bonds is 3. The summed E-state index contributed by atoms with van der Waals surface area (Å²) in [6.07, 6.45) is 7.52. The molecule has 1 N–H and O–H groups in total. The van der Waals surface area contributed by atoms with Gasteiger partial charge in [0, 0.05) is 19.8 Å². The maximum Gasteiger partial charge on any atom is 0.260 e. The van der Waals surface area contributed by atoms with Gasteiger partial charge in [-0.25, -0.2) is 4.98 Å². The Kier molecular flexibility index (Phi) is 4.52. The fraction of sp³-hybridized carbons (Fsp3) is 0.211. The third-order valence-electron chi connectivity index (χ3n) is 4.14. The van der Waals surface area contributed by atoms with Gasteiger partial charge in [-0.3, -0.25) is 4.79 Å². The van der Waals surface area contributed by atoms with Crippen molar-refractivity contribution in [2.45, 2.75) is 13.8 Å². The molecule has 1 aliphatic heterocycles. The van der Waals surface area contributed by atoms with Gasteiger partial charge in [0.05, 0.1) is 17.4 Å². The lowest BCUT2D eigenvalue weighted by atomic mass is 10.1. The van der Waals surface area contributed by atoms with Crippen molar-refractivity contribution in [3.05, 3.63) is 60.0 Å². The van der Waals surface area contributed by atoms with Gasteiger partial charge >= 0.3 is 0 Å². The van der Waals surface area contributed by atoms with Crippen LogP contribution in [0.1, 0.15) is 24.2 Å². The van der Waals surface area contributed by atoms with E-state index in [2.05, 4.69) is 15.3 Å². The van der Waals surface area contributed by atoms with Crippen LogP contribution in [0.4, 0.5) is 23.1 Å². The molecule has 0 spiro atoms. The van der Waals surface area contributed by atoms with Crippen molar-refractivity contribution in [1.82, 2.24) is 9.97 Å². The molecule has 0 fully saturated rings. The van der Waals surface area contributed by atoms with Gasteiger partial charge in [0.1, 0.15) is 5.69 Å². The Morgan fingerprint density at radius 3 is 2.60 bits per heavy atom. The minimum absolute atomic E-state index is 0.0754. The number of hydrogen-bond acceptors (Lipinski definition) is 5. The Hall–Kier alpha value is -3.15. The maximum absolute atomic E-state index is 12.7. The molecule has 0 radical (unpaired) electrons. The standard InChI is InChI=1S/C19H21N5O/c1-5-9-13(6-2)21-19-20-12-16-17(22-19)23(3)15-11-8-7-10-14(15)18(25)24(16)4/h5-12H,1-4H3,(H,20,21,22)/b9-5-,13-6+. The first kappa shape index (κ1) is 16.7. The molecule has 0 unspecified atom stereocenters. The van der Waals surface area contributed by atoms with E-state index >= 15 is 0 Å². The molecule has 1 amide bonds. The molecule has 0 saturated heterocycles. The SMILES string of the molecule is C/C=C\C(=C/C)Nc1ncc2c(n1)N(C)c1ccccc1C(=O)N2C. The van der Waals surface area contributed by atoms with E-state index in [4.69, 9.17) is 0 Å². The first-order valence-electron chi connectivity index (χ1n) is 8.10. The summed E-state index contributed by atoms with van der Waals surface area (Å²) in [5.41, 5.74) is 3.04. The Balaban J connectivity index is 2.09. The van der Waals surface area contributed by atoms with Crippen LogP contribution in [0.2, 0.25) is 0 Å². The second-order valence-electron chi connectivity index (χ2n) is 5.71. The number of carbonyl (C=O) groups is 1. The number of fused-ring (bicyclic) bond motifs is 2. The summed E-state index contributed by atoms with van der Waals surface area (Å²) in [5.74, 6) is 1.08. The van der Waals surface area contributed by atoms with Crippen LogP contribution < -0.4 is 15.1 Å². The maximum atomic E-state index is 12.7. The van der Waals surface area contributed by atoms with Crippen LogP contribution in [0.15, 0.2) is 54.4 Å². The van der Waals surface area contributed by atoms with E-state index in [-0.39, 0.29) is 5.91 Å². The average Bonchev–Trinajstić information content (AvgIpc) is 2.72. The van der Waals surface area contributed by atoms with Crippen LogP contribution in [0.25, 0.3) is 0 Å². The zero-order valence-electron chi connectivity index (χ0n) is 14.8. The number of aromatic nitrogens is 2. The highest BCUT2D eigenvalue weighted by atomic mass is 16.2. The Morgan fingerprint density at radius 1 is 1.12 bits per heavy atom. The first-order chi connectivity index (χ1) is 12.1. The van der Waals surface area contributed by atoms with Crippen molar-refractivity contribution in [2.75, 3.05) is 29.2 Å². The third-order valence-corrected chi connectivity index (χ3v) is 4.14. The van der Waals surface area contributed by atoms with E-state index in [1.807, 2.05) is 68.3 Å². The summed E-state index contributed by atoms with van der Waals surface area (Å²) >= 11 is 0. The minimum Gasteiger partial charge on any atom is -0.327 e. The summed E-state index contributed by atoms with van der Waals surface area (Å²) in [6, 6.07) is 7.52. The second-order valence-corrected chi connectivity index (χ2v) is 5.71. The van der Waals surface area contributed by atoms with Crippen LogP contribution in [0, 0.1) is 0 Å². The molecule has 1 aromatic carbocycles. The predicted molar refractivity (Wildman–Crippen MR) is 101 cm³/mol. The first-order valence-corrected chi connectivity index (χ1v) is 8.10. The number of allylic oxidation sites excluding steroid dienone is 3. The number of amides is 1. The molecule has 3 rings (SSSR count). The summed E-state index contributed by atoms with van der Waals surface area (Å²) in [7, 11) is 3.65. The fourth-order valence-electron chi connectivity index (χ4n) is 2.78. The number of nitrogens with zero attached hydrogens (tertiary/aromatic N) is 4. The van der Waals surface area contributed by atoms with E-state index in [0.717, 1.165) is 11.4 Å². The van der Waals surface area contributed by atoms with Crippen LogP contribution in [-0.2, 0) is 0 Å². The predicted octanol–water partition coefficient (Wildman–Crippen LogP) is 3.73. The summed E-state index contributed by atoms with van der Waals surface area (Å²) in [5, 5.41) is 3.19. The van der Waals surface area contributed by atoms with Gasteiger partial charge in [0.25, 0.3) is 5.91 Å². The second kappa shape index (κ2) is 6.76. The minimum atomic E-state index is -0.0754. The van der Waals surface area contributed by atoms with Gasteiger partial charge in [0.15, 0.2) is 5.82 Å². The molecule has 6 heteroatoms. The number of benzene rings is 1. The van der Waals surface area contributed by atoms with E-state index in [1.54, 1.807) is 18.1 Å². The molecule has 1 aromatic heterocycles. The van der Waals surface area contributed by atoms with Gasteiger partial charge in [-0.05, 0) is 32.1 Å². The average molecular weight is 335 g/mol. The number of carbonyl (C=O) groups excluding carboxylic acids is 1. The molecule has 128 valence electrons. The molecule has 6 nitrogen and oxygen atoms in total. The van der Waals surface area contributed by atoms with Gasteiger partial charge in [-0.1, -0.05) is 24.3 Å². The number of nitrogens with one attached hydrogen (secondary N) is 1. The molecule has 1 aliphatic rings. The molecule has 25 heavy (non-hydrogen) atoms. The smallest absolute Gasteiger partial charge is 0.260 e. The van der Waals surface area contributed by atoms with Gasteiger partial charge in [-0.15, -0.1) is 0 Å². The lowest BCUT2D eigenvalue weighted by Crippen LogP contribution is -2.25. The molecule has 0 atom stereocenters. The molecule has 2 heterocycles. The van der Waals surface area contributed by atoms with Crippen molar-refractivity contribution in [1.29, 1.82) is 0 Å². The highest BCUT2D eigenvalue weighted by Gasteiger charge is 2.28. The van der Waals surface area contributed by atoms with Gasteiger partial charge in [0.2, 0.25) is 5.95 Å². The molecular formula is C19H21N5O. The quantitative estimate of drug-likeness (QED) is 0.866. The lowest BCUT2D eigenvalue weighted by Gasteiger charge is -2.21. The molecule has 0 aliphatic carbocycles. The third kappa shape index (κ3) is 2.98. The van der Waals surface area contributed by atoms with Crippen LogP contribution in [0.5, 0.6) is 0 Å². The van der Waals surface area contributed by atoms with Crippen molar-refractivity contribution in [2.24, 2.45) is 0 Å². The monoisotopic (exact) mass is 335 g/mol. The van der Waals surface area contributed by atoms with Crippen LogP contribution in [0.3, 0.4) is 0 Å². The van der Waals surface area contributed by atoms with Crippen LogP contribution in [-0.4, -0.2) is 30.0 Å². The lowest BCUT2D eigenvalue weighted by molar-refractivity contribution is 0.0994. The van der Waals surface area contributed by atoms with Crippen molar-refractivity contribution < 1.29 is 4.79 Å². The number of hydrogen-bond donors (Lipinski definition) is 1. The van der Waals surface area contributed by atoms with Gasteiger partial charge in [-0.2, -0.15) is 4.98 Å². The Labute approximate surface area is 147 Å². The van der Waals surface area contributed by atoms with E-state index in [0.29, 0.717) is 23.0 Å². The summed E-state index contributed by atoms with van der Waals surface area (Å²) in [4.78, 5) is 25.3. The molecule has 2 aromatic rings. The van der Waals surface area contributed by atoms with E-state index < -0.39 is 0 Å². The van der Waals surface area contributed by atoms with Gasteiger partial charge < -0.3 is 15.1 Å². The Bertz CT molecular complexity index is 872. The van der Waals surface area contributed by atoms with E-state index in [1.165, 1.54) is 0 Å². The molecular weight excluding hydrogens is 314 g/mol. The highest BCUT2D eigenvalue weighted by molar-refractivity contribution is 6.13. The van der Waals surface area contributed by atoms with Crippen molar-refractivity contribution in [3.8, 4) is 0 Å². The molecule has 0 bridgehead atoms. The normalized spacial score (nSPS) is 14.4. The zero-order valence-corrected chi connectivity index (χ0v) is 14.8. The van der Waals surface area contributed by atoms with Crippen molar-refractivity contribution >= 4 is 29.0 Å². The summed E-state index contributed by atoms with van der Waals surface area (Å²) in [6.45, 7) is 3.90. The summed E-state index contributed by atoms with van der Waals surface area (Å²) < 4.78 is 0. The molecule has 0 saturated carbocycles. The highest BCUT2D eigenvalue weighted by Crippen LogP contribution is 2.37. The number of para-hydroxylation sites is 1. The van der Waals surface area contributed by atoms with Crippen molar-refractivity contribution in [3.63, 3.8) is 0 Å². The topological polar surface area (TPSA) is 61.4 Å².